The molecule has 2 fully saturated rings. The van der Waals surface area contributed by atoms with Crippen LogP contribution in [0.4, 0.5) is 0 Å². The first kappa shape index (κ1) is 27.6. The highest BCUT2D eigenvalue weighted by molar-refractivity contribution is 7.89. The smallest absolute Gasteiger partial charge is 0.240 e. The predicted molar refractivity (Wildman–Crippen MR) is 155 cm³/mol. The van der Waals surface area contributed by atoms with Gasteiger partial charge in [-0.2, -0.15) is 0 Å². The molecule has 1 amide bonds. The Morgan fingerprint density at radius 1 is 0.795 bits per heavy atom. The van der Waals surface area contributed by atoms with E-state index in [1.165, 1.54) is 11.1 Å². The molecule has 1 saturated carbocycles. The summed E-state index contributed by atoms with van der Waals surface area (Å²) < 4.78 is 27.5. The van der Waals surface area contributed by atoms with Crippen molar-refractivity contribution in [1.82, 2.24) is 14.9 Å². The van der Waals surface area contributed by atoms with Gasteiger partial charge in [-0.1, -0.05) is 72.8 Å². The maximum Gasteiger partial charge on any atom is 0.240 e. The first-order valence-electron chi connectivity index (χ1n) is 14.1. The Bertz CT molecular complexity index is 1280. The van der Waals surface area contributed by atoms with Crippen LogP contribution in [0.15, 0.2) is 89.8 Å². The van der Waals surface area contributed by atoms with Gasteiger partial charge in [0.25, 0.3) is 0 Å². The summed E-state index contributed by atoms with van der Waals surface area (Å²) in [5.74, 6) is 0.0265. The van der Waals surface area contributed by atoms with Crippen LogP contribution < -0.4 is 10.0 Å². The van der Waals surface area contributed by atoms with Crippen LogP contribution in [-0.2, 0) is 14.8 Å². The van der Waals surface area contributed by atoms with Crippen LogP contribution in [0.2, 0.25) is 0 Å². The summed E-state index contributed by atoms with van der Waals surface area (Å²) in [5.41, 5.74) is 3.53. The van der Waals surface area contributed by atoms with Crippen LogP contribution in [-0.4, -0.2) is 50.9 Å². The van der Waals surface area contributed by atoms with E-state index in [4.69, 9.17) is 0 Å². The Balaban J connectivity index is 1.10. The third-order valence-electron chi connectivity index (χ3n) is 8.05. The number of nitrogens with zero attached hydrogens (tertiary/aromatic N) is 1. The maximum atomic E-state index is 13.0. The number of carbonyl (C=O) groups excluding carboxylic acids is 1. The molecule has 7 heteroatoms. The number of piperidine rings is 1. The van der Waals surface area contributed by atoms with E-state index in [-0.39, 0.29) is 28.8 Å². The summed E-state index contributed by atoms with van der Waals surface area (Å²) in [7, 11) is -3.48. The van der Waals surface area contributed by atoms with Crippen molar-refractivity contribution < 1.29 is 13.2 Å². The first-order valence-corrected chi connectivity index (χ1v) is 15.6. The fraction of sp³-hybridized carbons (Fsp3) is 0.406. The van der Waals surface area contributed by atoms with Gasteiger partial charge in [-0.15, -0.1) is 0 Å². The topological polar surface area (TPSA) is 78.5 Å². The number of nitrogens with one attached hydrogen (secondary N) is 2. The Morgan fingerprint density at radius 3 is 1.90 bits per heavy atom. The molecule has 5 rings (SSSR count). The van der Waals surface area contributed by atoms with Gasteiger partial charge in [0.2, 0.25) is 15.9 Å². The first-order chi connectivity index (χ1) is 18.9. The molecule has 1 saturated heterocycles. The molecular formula is C32H39N3O3S. The number of amides is 1. The summed E-state index contributed by atoms with van der Waals surface area (Å²) in [5, 5.41) is 3.24. The molecule has 2 aliphatic rings. The highest BCUT2D eigenvalue weighted by atomic mass is 32.2. The Morgan fingerprint density at radius 2 is 1.36 bits per heavy atom. The van der Waals surface area contributed by atoms with Gasteiger partial charge >= 0.3 is 0 Å². The van der Waals surface area contributed by atoms with Crippen molar-refractivity contribution in [3.05, 3.63) is 102 Å². The lowest BCUT2D eigenvalue weighted by atomic mass is 9.88. The third-order valence-corrected chi connectivity index (χ3v) is 9.59. The molecule has 3 aromatic carbocycles. The minimum absolute atomic E-state index is 0.00613. The fourth-order valence-corrected chi connectivity index (χ4v) is 6.72. The summed E-state index contributed by atoms with van der Waals surface area (Å²) in [6, 6.07) is 28.4. The van der Waals surface area contributed by atoms with E-state index in [1.54, 1.807) is 24.3 Å². The van der Waals surface area contributed by atoms with Crippen LogP contribution in [0.3, 0.4) is 0 Å². The normalized spacial score (nSPS) is 17.7. The molecule has 1 aliphatic heterocycles. The van der Waals surface area contributed by atoms with E-state index >= 15 is 0 Å². The minimum Gasteiger partial charge on any atom is -0.353 e. The van der Waals surface area contributed by atoms with E-state index in [0.717, 1.165) is 57.3 Å². The molecular weight excluding hydrogens is 506 g/mol. The second-order valence-electron chi connectivity index (χ2n) is 11.0. The zero-order valence-corrected chi connectivity index (χ0v) is 23.4. The average Bonchev–Trinajstić information content (AvgIpc) is 3.78. The van der Waals surface area contributed by atoms with Crippen molar-refractivity contribution in [3.63, 3.8) is 0 Å². The van der Waals surface area contributed by atoms with Gasteiger partial charge < -0.3 is 10.2 Å². The highest BCUT2D eigenvalue weighted by Crippen LogP contribution is 2.29. The Kier molecular flexibility index (Phi) is 8.80. The van der Waals surface area contributed by atoms with Crippen LogP contribution in [0, 0.1) is 0 Å². The van der Waals surface area contributed by atoms with E-state index in [0.29, 0.717) is 5.92 Å². The molecule has 1 atom stereocenters. The second kappa shape index (κ2) is 12.5. The van der Waals surface area contributed by atoms with Crippen LogP contribution >= 0.6 is 0 Å². The number of hydrogen-bond donors (Lipinski definition) is 2. The standard InChI is InChI=1S/C32H39N3O3S/c1-24(25-12-16-30(17-13-25)39(37,38)34-29-14-15-29)32(36)33-28-18-21-35(22-19-28)23-20-31(26-8-4-2-5-9-26)27-10-6-3-7-11-27/h2-13,16-17,24,28-29,31,34H,14-15,18-23H2,1H3,(H,33,36). The molecule has 0 aromatic heterocycles. The molecule has 2 N–H and O–H groups in total. The summed E-state index contributed by atoms with van der Waals surface area (Å²) in [4.78, 5) is 15.8. The quantitative estimate of drug-likeness (QED) is 0.354. The number of likely N-dealkylation sites (tertiary alicyclic amines) is 1. The summed E-state index contributed by atoms with van der Waals surface area (Å²) in [6.07, 6.45) is 4.72. The Hall–Kier alpha value is -3.00. The molecule has 0 spiro atoms. The average molecular weight is 546 g/mol. The van der Waals surface area contributed by atoms with Gasteiger partial charge in [-0.25, -0.2) is 13.1 Å². The van der Waals surface area contributed by atoms with E-state index in [2.05, 4.69) is 75.6 Å². The zero-order valence-electron chi connectivity index (χ0n) is 22.6. The van der Waals surface area contributed by atoms with Crippen molar-refractivity contribution in [2.24, 2.45) is 0 Å². The van der Waals surface area contributed by atoms with Crippen LogP contribution in [0.5, 0.6) is 0 Å². The fourth-order valence-electron chi connectivity index (χ4n) is 5.41. The van der Waals surface area contributed by atoms with Gasteiger partial charge in [0.05, 0.1) is 10.8 Å². The molecule has 206 valence electrons. The van der Waals surface area contributed by atoms with Crippen LogP contribution in [0.25, 0.3) is 0 Å². The van der Waals surface area contributed by atoms with Crippen molar-refractivity contribution in [2.75, 3.05) is 19.6 Å². The third kappa shape index (κ3) is 7.35. The predicted octanol–water partition coefficient (Wildman–Crippen LogP) is 5.03. The van der Waals surface area contributed by atoms with Crippen molar-refractivity contribution in [1.29, 1.82) is 0 Å². The van der Waals surface area contributed by atoms with Gasteiger partial charge in [-0.05, 0) is 74.4 Å². The number of rotatable bonds is 11. The number of sulfonamides is 1. The molecule has 3 aromatic rings. The SMILES string of the molecule is CC(C(=O)NC1CCN(CCC(c2ccccc2)c2ccccc2)CC1)c1ccc(S(=O)(=O)NC2CC2)cc1. The van der Waals surface area contributed by atoms with Gasteiger partial charge in [0.15, 0.2) is 0 Å². The summed E-state index contributed by atoms with van der Waals surface area (Å²) >= 11 is 0. The lowest BCUT2D eigenvalue weighted by molar-refractivity contribution is -0.123. The molecule has 0 bridgehead atoms. The highest BCUT2D eigenvalue weighted by Gasteiger charge is 2.28. The number of hydrogen-bond acceptors (Lipinski definition) is 4. The molecule has 1 heterocycles. The lowest BCUT2D eigenvalue weighted by Crippen LogP contribution is -2.46. The number of benzene rings is 3. The van der Waals surface area contributed by atoms with Crippen molar-refractivity contribution >= 4 is 15.9 Å². The van der Waals surface area contributed by atoms with Crippen molar-refractivity contribution in [3.8, 4) is 0 Å². The largest absolute Gasteiger partial charge is 0.353 e. The Labute approximate surface area is 232 Å². The van der Waals surface area contributed by atoms with Gasteiger partial charge in [0.1, 0.15) is 0 Å². The molecule has 1 unspecified atom stereocenters. The minimum atomic E-state index is -3.48. The molecule has 6 nitrogen and oxygen atoms in total. The summed E-state index contributed by atoms with van der Waals surface area (Å²) in [6.45, 7) is 4.84. The number of carbonyl (C=O) groups is 1. The van der Waals surface area contributed by atoms with Gasteiger partial charge in [0, 0.05) is 31.1 Å². The van der Waals surface area contributed by atoms with E-state index in [1.807, 2.05) is 6.92 Å². The van der Waals surface area contributed by atoms with Crippen LogP contribution in [0.1, 0.15) is 67.6 Å². The second-order valence-corrected chi connectivity index (χ2v) is 12.7. The molecule has 39 heavy (non-hydrogen) atoms. The van der Waals surface area contributed by atoms with Gasteiger partial charge in [-0.3, -0.25) is 4.79 Å². The molecule has 0 radical (unpaired) electrons. The van der Waals surface area contributed by atoms with E-state index < -0.39 is 10.0 Å². The zero-order chi connectivity index (χ0) is 27.2. The molecule has 1 aliphatic carbocycles. The van der Waals surface area contributed by atoms with E-state index in [9.17, 15) is 13.2 Å². The monoisotopic (exact) mass is 545 g/mol. The lowest BCUT2D eigenvalue weighted by Gasteiger charge is -2.34. The van der Waals surface area contributed by atoms with Crippen molar-refractivity contribution in [2.45, 2.75) is 67.8 Å². The maximum absolute atomic E-state index is 13.0.